The topological polar surface area (TPSA) is 41.3 Å². The molecule has 114 valence electrons. The lowest BCUT2D eigenvalue weighted by atomic mass is 9.84. The number of nitrogens with two attached hydrogens (primary N) is 1. The van der Waals surface area contributed by atoms with E-state index >= 15 is 0 Å². The summed E-state index contributed by atoms with van der Waals surface area (Å²) in [7, 11) is 4.43. The fourth-order valence-corrected chi connectivity index (χ4v) is 3.63. The minimum atomic E-state index is 0.648. The van der Waals surface area contributed by atoms with Gasteiger partial charge in [0.1, 0.15) is 0 Å². The molecule has 3 N–H and O–H groups in total. The van der Waals surface area contributed by atoms with Gasteiger partial charge in [-0.05, 0) is 45.3 Å². The summed E-state index contributed by atoms with van der Waals surface area (Å²) in [6.07, 6.45) is 7.89. The second kappa shape index (κ2) is 8.93. The Hall–Kier alpha value is -0.120. The van der Waals surface area contributed by atoms with Crippen molar-refractivity contribution in [3.63, 3.8) is 0 Å². The van der Waals surface area contributed by atoms with E-state index in [4.69, 9.17) is 5.73 Å². The van der Waals surface area contributed by atoms with Gasteiger partial charge in [0.25, 0.3) is 0 Å². The molecule has 0 spiro atoms. The first-order valence-corrected chi connectivity index (χ1v) is 8.23. The van der Waals surface area contributed by atoms with Crippen LogP contribution in [0.2, 0.25) is 0 Å². The van der Waals surface area contributed by atoms with Gasteiger partial charge >= 0.3 is 0 Å². The highest BCUT2D eigenvalue weighted by atomic mass is 15.1. The summed E-state index contributed by atoms with van der Waals surface area (Å²) in [5, 5.41) is 3.83. The van der Waals surface area contributed by atoms with E-state index in [-0.39, 0.29) is 0 Å². The maximum Gasteiger partial charge on any atom is 0.0242 e. The second-order valence-corrected chi connectivity index (χ2v) is 6.40. The largest absolute Gasteiger partial charge is 0.330 e. The summed E-state index contributed by atoms with van der Waals surface area (Å²) in [5.74, 6) is 1.49. The van der Waals surface area contributed by atoms with Crippen LogP contribution in [0.1, 0.15) is 52.4 Å². The molecule has 1 saturated carbocycles. The van der Waals surface area contributed by atoms with Crippen molar-refractivity contribution in [3.8, 4) is 0 Å². The SMILES string of the molecule is CCC(CC)C(CNC1CCCCC1CN)N(C)C. The summed E-state index contributed by atoms with van der Waals surface area (Å²) in [4.78, 5) is 2.39. The Morgan fingerprint density at radius 3 is 2.32 bits per heavy atom. The molecule has 3 unspecified atom stereocenters. The fraction of sp³-hybridized carbons (Fsp3) is 1.00. The highest BCUT2D eigenvalue weighted by Gasteiger charge is 2.26. The monoisotopic (exact) mass is 269 g/mol. The molecule has 0 aliphatic heterocycles. The molecule has 3 atom stereocenters. The molecular formula is C16H35N3. The highest BCUT2D eigenvalue weighted by Crippen LogP contribution is 2.24. The Labute approximate surface area is 120 Å². The lowest BCUT2D eigenvalue weighted by molar-refractivity contribution is 0.173. The molecule has 3 nitrogen and oxygen atoms in total. The van der Waals surface area contributed by atoms with E-state index < -0.39 is 0 Å². The van der Waals surface area contributed by atoms with Crippen molar-refractivity contribution in [2.75, 3.05) is 27.2 Å². The minimum absolute atomic E-state index is 0.648. The minimum Gasteiger partial charge on any atom is -0.330 e. The molecule has 1 aliphatic rings. The summed E-state index contributed by atoms with van der Waals surface area (Å²) >= 11 is 0. The second-order valence-electron chi connectivity index (χ2n) is 6.40. The van der Waals surface area contributed by atoms with Gasteiger partial charge in [-0.2, -0.15) is 0 Å². The Kier molecular flexibility index (Phi) is 7.96. The molecule has 0 aromatic rings. The van der Waals surface area contributed by atoms with Gasteiger partial charge < -0.3 is 16.0 Å². The first kappa shape index (κ1) is 16.9. The van der Waals surface area contributed by atoms with Crippen molar-refractivity contribution in [3.05, 3.63) is 0 Å². The average Bonchev–Trinajstić information content (AvgIpc) is 2.43. The molecule has 0 amide bonds. The Bertz CT molecular complexity index is 226. The molecule has 3 heteroatoms. The van der Waals surface area contributed by atoms with Crippen molar-refractivity contribution in [2.24, 2.45) is 17.6 Å². The van der Waals surface area contributed by atoms with Crippen molar-refractivity contribution in [1.82, 2.24) is 10.2 Å². The Balaban J connectivity index is 2.50. The highest BCUT2D eigenvalue weighted by molar-refractivity contribution is 4.85. The third-order valence-corrected chi connectivity index (χ3v) is 5.06. The maximum absolute atomic E-state index is 5.92. The van der Waals surface area contributed by atoms with Crippen molar-refractivity contribution < 1.29 is 0 Å². The molecule has 0 aromatic heterocycles. The first-order valence-electron chi connectivity index (χ1n) is 8.23. The first-order chi connectivity index (χ1) is 9.13. The van der Waals surface area contributed by atoms with E-state index in [9.17, 15) is 0 Å². The van der Waals surface area contributed by atoms with Gasteiger partial charge in [-0.1, -0.05) is 39.5 Å². The van der Waals surface area contributed by atoms with Crippen LogP contribution >= 0.6 is 0 Å². The molecule has 1 aliphatic carbocycles. The Morgan fingerprint density at radius 1 is 1.16 bits per heavy atom. The number of nitrogens with zero attached hydrogens (tertiary/aromatic N) is 1. The molecule has 1 fully saturated rings. The van der Waals surface area contributed by atoms with E-state index in [1.54, 1.807) is 0 Å². The number of likely N-dealkylation sites (N-methyl/N-ethyl adjacent to an activating group) is 1. The zero-order valence-corrected chi connectivity index (χ0v) is 13.5. The predicted molar refractivity (Wildman–Crippen MR) is 84.4 cm³/mol. The molecule has 1 rings (SSSR count). The number of hydrogen-bond acceptors (Lipinski definition) is 3. The fourth-order valence-electron chi connectivity index (χ4n) is 3.63. The molecule has 0 radical (unpaired) electrons. The van der Waals surface area contributed by atoms with Crippen LogP contribution in [0.5, 0.6) is 0 Å². The van der Waals surface area contributed by atoms with Gasteiger partial charge in [-0.15, -0.1) is 0 Å². The predicted octanol–water partition coefficient (Wildman–Crippen LogP) is 2.46. The van der Waals surface area contributed by atoms with Gasteiger partial charge in [0, 0.05) is 18.6 Å². The van der Waals surface area contributed by atoms with Crippen molar-refractivity contribution >= 4 is 0 Å². The maximum atomic E-state index is 5.92. The normalized spacial score (nSPS) is 26.1. The van der Waals surface area contributed by atoms with E-state index in [2.05, 4.69) is 38.2 Å². The van der Waals surface area contributed by atoms with Crippen molar-refractivity contribution in [2.45, 2.75) is 64.5 Å². The van der Waals surface area contributed by atoms with Crippen LogP contribution < -0.4 is 11.1 Å². The quantitative estimate of drug-likeness (QED) is 0.711. The standard InChI is InChI=1S/C16H35N3/c1-5-13(6-2)16(19(3)4)12-18-15-10-8-7-9-14(15)11-17/h13-16,18H,5-12,17H2,1-4H3. The van der Waals surface area contributed by atoms with Crippen LogP contribution in [0.3, 0.4) is 0 Å². The number of hydrogen-bond donors (Lipinski definition) is 2. The van der Waals surface area contributed by atoms with Crippen LogP contribution in [-0.2, 0) is 0 Å². The van der Waals surface area contributed by atoms with Gasteiger partial charge in [-0.3, -0.25) is 0 Å². The molecule has 19 heavy (non-hydrogen) atoms. The molecule has 0 saturated heterocycles. The van der Waals surface area contributed by atoms with Crippen LogP contribution in [0.15, 0.2) is 0 Å². The summed E-state index contributed by atoms with van der Waals surface area (Å²) in [6.45, 7) is 6.58. The summed E-state index contributed by atoms with van der Waals surface area (Å²) in [5.41, 5.74) is 5.92. The number of nitrogens with one attached hydrogen (secondary N) is 1. The summed E-state index contributed by atoms with van der Waals surface area (Å²) in [6, 6.07) is 1.30. The van der Waals surface area contributed by atoms with E-state index in [0.29, 0.717) is 18.0 Å². The van der Waals surface area contributed by atoms with Crippen LogP contribution in [0, 0.1) is 11.8 Å². The van der Waals surface area contributed by atoms with Crippen LogP contribution in [-0.4, -0.2) is 44.2 Å². The number of rotatable bonds is 8. The van der Waals surface area contributed by atoms with E-state index in [1.165, 1.54) is 38.5 Å². The molecule has 0 aromatic carbocycles. The third kappa shape index (κ3) is 5.05. The van der Waals surface area contributed by atoms with E-state index in [0.717, 1.165) is 19.0 Å². The summed E-state index contributed by atoms with van der Waals surface area (Å²) < 4.78 is 0. The van der Waals surface area contributed by atoms with E-state index in [1.807, 2.05) is 0 Å². The van der Waals surface area contributed by atoms with Gasteiger partial charge in [0.15, 0.2) is 0 Å². The Morgan fingerprint density at radius 2 is 1.79 bits per heavy atom. The molecule has 0 bridgehead atoms. The zero-order chi connectivity index (χ0) is 14.3. The van der Waals surface area contributed by atoms with Crippen LogP contribution in [0.4, 0.5) is 0 Å². The average molecular weight is 269 g/mol. The van der Waals surface area contributed by atoms with Gasteiger partial charge in [0.2, 0.25) is 0 Å². The molecule has 0 heterocycles. The van der Waals surface area contributed by atoms with Crippen LogP contribution in [0.25, 0.3) is 0 Å². The zero-order valence-electron chi connectivity index (χ0n) is 13.5. The van der Waals surface area contributed by atoms with Gasteiger partial charge in [-0.25, -0.2) is 0 Å². The molecular weight excluding hydrogens is 234 g/mol. The van der Waals surface area contributed by atoms with Gasteiger partial charge in [0.05, 0.1) is 0 Å². The third-order valence-electron chi connectivity index (χ3n) is 5.06. The van der Waals surface area contributed by atoms with Crippen molar-refractivity contribution in [1.29, 1.82) is 0 Å². The lowest BCUT2D eigenvalue weighted by Gasteiger charge is -2.36. The lowest BCUT2D eigenvalue weighted by Crippen LogP contribution is -2.49. The smallest absolute Gasteiger partial charge is 0.0242 e.